The summed E-state index contributed by atoms with van der Waals surface area (Å²) in [5.74, 6) is 3.80. The van der Waals surface area contributed by atoms with Gasteiger partial charge in [0.1, 0.15) is 0 Å². The van der Waals surface area contributed by atoms with Gasteiger partial charge in [0.2, 0.25) is 0 Å². The van der Waals surface area contributed by atoms with Crippen LogP contribution in [-0.4, -0.2) is 0 Å². The lowest BCUT2D eigenvalue weighted by atomic mass is 9.78. The summed E-state index contributed by atoms with van der Waals surface area (Å²) in [5.41, 5.74) is 0. The van der Waals surface area contributed by atoms with Crippen molar-refractivity contribution in [3.8, 4) is 6.07 Å². The minimum Gasteiger partial charge on any atom is -0.198 e. The minimum atomic E-state index is 0.776. The Kier molecular flexibility index (Phi) is 2.09. The predicted molar refractivity (Wildman–Crippen MR) is 48.3 cm³/mol. The van der Waals surface area contributed by atoms with Gasteiger partial charge >= 0.3 is 0 Å². The fourth-order valence-corrected chi connectivity index (χ4v) is 3.43. The van der Waals surface area contributed by atoms with Crippen molar-refractivity contribution in [1.82, 2.24) is 0 Å². The summed E-state index contributed by atoms with van der Waals surface area (Å²) < 4.78 is 0. The average Bonchev–Trinajstić information content (AvgIpc) is 2.62. The molecule has 2 aliphatic rings. The van der Waals surface area contributed by atoms with Crippen LogP contribution in [0.25, 0.3) is 0 Å². The zero-order chi connectivity index (χ0) is 8.55. The number of nitriles is 1. The van der Waals surface area contributed by atoms with Gasteiger partial charge in [0, 0.05) is 6.42 Å². The molecule has 2 bridgehead atoms. The molecular formula is C11H17N. The summed E-state index contributed by atoms with van der Waals surface area (Å²) in [5, 5.41) is 8.53. The fourth-order valence-electron chi connectivity index (χ4n) is 3.43. The van der Waals surface area contributed by atoms with Gasteiger partial charge in [-0.15, -0.1) is 0 Å². The van der Waals surface area contributed by atoms with Gasteiger partial charge in [0.25, 0.3) is 0 Å². The first-order valence-electron chi connectivity index (χ1n) is 5.20. The first-order chi connectivity index (χ1) is 5.83. The van der Waals surface area contributed by atoms with Crippen molar-refractivity contribution in [3.05, 3.63) is 0 Å². The van der Waals surface area contributed by atoms with Crippen molar-refractivity contribution >= 4 is 0 Å². The highest BCUT2D eigenvalue weighted by Gasteiger charge is 2.44. The molecule has 0 amide bonds. The van der Waals surface area contributed by atoms with E-state index < -0.39 is 0 Å². The number of nitrogens with zero attached hydrogens (tertiary/aromatic N) is 1. The summed E-state index contributed by atoms with van der Waals surface area (Å²) in [6, 6.07) is 2.27. The highest BCUT2D eigenvalue weighted by atomic mass is 14.5. The van der Waals surface area contributed by atoms with Crippen LogP contribution in [0.15, 0.2) is 0 Å². The summed E-state index contributed by atoms with van der Waals surface area (Å²) in [4.78, 5) is 0. The van der Waals surface area contributed by atoms with Gasteiger partial charge < -0.3 is 0 Å². The molecule has 12 heavy (non-hydrogen) atoms. The molecule has 0 aliphatic heterocycles. The van der Waals surface area contributed by atoms with Crippen molar-refractivity contribution in [1.29, 1.82) is 5.26 Å². The number of rotatable bonds is 2. The molecule has 0 saturated heterocycles. The topological polar surface area (TPSA) is 23.8 Å². The SMILES string of the molecule is CC1C2CCC(C2)C1CCC#N. The van der Waals surface area contributed by atoms with Crippen LogP contribution in [0.4, 0.5) is 0 Å². The third-order valence-corrected chi connectivity index (χ3v) is 4.13. The monoisotopic (exact) mass is 163 g/mol. The normalized spacial score (nSPS) is 44.7. The van der Waals surface area contributed by atoms with Crippen LogP contribution in [0.5, 0.6) is 0 Å². The Bertz CT molecular complexity index is 202. The molecule has 2 saturated carbocycles. The lowest BCUT2D eigenvalue weighted by Crippen LogP contribution is -2.19. The first kappa shape index (κ1) is 8.10. The summed E-state index contributed by atoms with van der Waals surface area (Å²) in [6.07, 6.45) is 6.33. The molecule has 1 nitrogen and oxygen atoms in total. The summed E-state index contributed by atoms with van der Waals surface area (Å²) >= 11 is 0. The maximum atomic E-state index is 8.53. The first-order valence-corrected chi connectivity index (χ1v) is 5.20. The number of hydrogen-bond donors (Lipinski definition) is 0. The van der Waals surface area contributed by atoms with Crippen LogP contribution in [0.2, 0.25) is 0 Å². The van der Waals surface area contributed by atoms with E-state index in [2.05, 4.69) is 13.0 Å². The van der Waals surface area contributed by atoms with Crippen LogP contribution in [0.1, 0.15) is 39.0 Å². The maximum Gasteiger partial charge on any atom is 0.0621 e. The Labute approximate surface area is 74.8 Å². The largest absolute Gasteiger partial charge is 0.198 e. The standard InChI is InChI=1S/C11H17N/c1-8-9-4-5-10(7-9)11(8)3-2-6-12/h8-11H,2-5,7H2,1H3. The number of fused-ring (bicyclic) bond motifs is 2. The number of hydrogen-bond acceptors (Lipinski definition) is 1. The van der Waals surface area contributed by atoms with Gasteiger partial charge in [0.15, 0.2) is 0 Å². The van der Waals surface area contributed by atoms with Gasteiger partial charge in [-0.3, -0.25) is 0 Å². The Morgan fingerprint density at radius 3 is 2.67 bits per heavy atom. The van der Waals surface area contributed by atoms with E-state index in [0.717, 1.165) is 30.1 Å². The molecule has 0 heterocycles. The molecule has 2 fully saturated rings. The molecule has 0 N–H and O–H groups in total. The van der Waals surface area contributed by atoms with Crippen molar-refractivity contribution in [2.24, 2.45) is 23.7 Å². The van der Waals surface area contributed by atoms with Gasteiger partial charge in [-0.05, 0) is 49.4 Å². The molecule has 0 aromatic rings. The maximum absolute atomic E-state index is 8.53. The summed E-state index contributed by atoms with van der Waals surface area (Å²) in [6.45, 7) is 2.39. The van der Waals surface area contributed by atoms with Crippen molar-refractivity contribution in [3.63, 3.8) is 0 Å². The van der Waals surface area contributed by atoms with E-state index in [1.165, 1.54) is 25.7 Å². The van der Waals surface area contributed by atoms with Crippen molar-refractivity contribution in [2.75, 3.05) is 0 Å². The molecule has 2 aliphatic carbocycles. The van der Waals surface area contributed by atoms with E-state index in [-0.39, 0.29) is 0 Å². The third kappa shape index (κ3) is 1.14. The summed E-state index contributed by atoms with van der Waals surface area (Å²) in [7, 11) is 0. The lowest BCUT2D eigenvalue weighted by molar-refractivity contribution is 0.228. The van der Waals surface area contributed by atoms with E-state index in [1.807, 2.05) is 0 Å². The Hall–Kier alpha value is -0.510. The molecule has 1 heteroatoms. The molecule has 0 spiro atoms. The molecule has 2 rings (SSSR count). The van der Waals surface area contributed by atoms with Gasteiger partial charge in [0.05, 0.1) is 6.07 Å². The highest BCUT2D eigenvalue weighted by molar-refractivity contribution is 4.95. The Balaban J connectivity index is 1.94. The van der Waals surface area contributed by atoms with Crippen molar-refractivity contribution < 1.29 is 0 Å². The van der Waals surface area contributed by atoms with Gasteiger partial charge in [-0.25, -0.2) is 0 Å². The molecule has 4 atom stereocenters. The predicted octanol–water partition coefficient (Wildman–Crippen LogP) is 2.97. The quantitative estimate of drug-likeness (QED) is 0.614. The van der Waals surface area contributed by atoms with Gasteiger partial charge in [-0.2, -0.15) is 5.26 Å². The van der Waals surface area contributed by atoms with E-state index in [1.54, 1.807) is 0 Å². The van der Waals surface area contributed by atoms with Crippen LogP contribution in [0, 0.1) is 35.0 Å². The van der Waals surface area contributed by atoms with Crippen LogP contribution >= 0.6 is 0 Å². The Morgan fingerprint density at radius 2 is 2.08 bits per heavy atom. The zero-order valence-corrected chi connectivity index (χ0v) is 7.79. The molecule has 66 valence electrons. The second-order valence-electron chi connectivity index (χ2n) is 4.55. The smallest absolute Gasteiger partial charge is 0.0621 e. The minimum absolute atomic E-state index is 0.776. The van der Waals surface area contributed by atoms with E-state index in [4.69, 9.17) is 5.26 Å². The molecular weight excluding hydrogens is 146 g/mol. The third-order valence-electron chi connectivity index (χ3n) is 4.13. The molecule has 0 radical (unpaired) electrons. The molecule has 4 unspecified atom stereocenters. The Morgan fingerprint density at radius 1 is 1.33 bits per heavy atom. The van der Waals surface area contributed by atoms with E-state index >= 15 is 0 Å². The lowest BCUT2D eigenvalue weighted by Gasteiger charge is -2.27. The van der Waals surface area contributed by atoms with Crippen molar-refractivity contribution in [2.45, 2.75) is 39.0 Å². The molecule has 0 aromatic heterocycles. The van der Waals surface area contributed by atoms with Crippen LogP contribution < -0.4 is 0 Å². The molecule has 0 aromatic carbocycles. The fraction of sp³-hybridized carbons (Fsp3) is 0.909. The average molecular weight is 163 g/mol. The highest BCUT2D eigenvalue weighted by Crippen LogP contribution is 2.53. The second kappa shape index (κ2) is 3.09. The van der Waals surface area contributed by atoms with Crippen LogP contribution in [-0.2, 0) is 0 Å². The van der Waals surface area contributed by atoms with E-state index in [0.29, 0.717) is 0 Å². The second-order valence-corrected chi connectivity index (χ2v) is 4.55. The zero-order valence-electron chi connectivity index (χ0n) is 7.79. The van der Waals surface area contributed by atoms with Crippen LogP contribution in [0.3, 0.4) is 0 Å². The van der Waals surface area contributed by atoms with Gasteiger partial charge in [-0.1, -0.05) is 6.92 Å². The van der Waals surface area contributed by atoms with E-state index in [9.17, 15) is 0 Å².